The zero-order chi connectivity index (χ0) is 17.1. The van der Waals surface area contributed by atoms with E-state index in [9.17, 15) is 15.3 Å². The van der Waals surface area contributed by atoms with Gasteiger partial charge in [-0.2, -0.15) is 0 Å². The van der Waals surface area contributed by atoms with Gasteiger partial charge in [0.25, 0.3) is 0 Å². The van der Waals surface area contributed by atoms with Crippen molar-refractivity contribution < 1.29 is 15.3 Å². The maximum atomic E-state index is 10.3. The minimum absolute atomic E-state index is 0.0657. The molecular formula is C21H36O3. The van der Waals surface area contributed by atoms with Gasteiger partial charge in [0, 0.05) is 0 Å². The number of fused-ring (bicyclic) bond motifs is 5. The normalized spacial score (nSPS) is 55.4. The second-order valence-electron chi connectivity index (χ2n) is 10.1. The van der Waals surface area contributed by atoms with Crippen molar-refractivity contribution in [1.82, 2.24) is 0 Å². The summed E-state index contributed by atoms with van der Waals surface area (Å²) in [5, 5.41) is 29.9. The summed E-state index contributed by atoms with van der Waals surface area (Å²) in [7, 11) is 0. The molecule has 4 fully saturated rings. The average Bonchev–Trinajstić information content (AvgIpc) is 2.92. The Morgan fingerprint density at radius 2 is 1.62 bits per heavy atom. The Hall–Kier alpha value is -0.120. The summed E-state index contributed by atoms with van der Waals surface area (Å²) in [6.07, 6.45) is 10.0. The maximum Gasteiger partial charge on any atom is 0.0804 e. The molecular weight excluding hydrogens is 300 g/mol. The number of hydrogen-bond acceptors (Lipinski definition) is 3. The Morgan fingerprint density at radius 3 is 2.38 bits per heavy atom. The van der Waals surface area contributed by atoms with Crippen molar-refractivity contribution in [3.63, 3.8) is 0 Å². The second kappa shape index (κ2) is 5.96. The van der Waals surface area contributed by atoms with E-state index < -0.39 is 6.10 Å². The quantitative estimate of drug-likeness (QED) is 0.724. The molecule has 0 heterocycles. The molecule has 9 atom stereocenters. The smallest absolute Gasteiger partial charge is 0.0804 e. The van der Waals surface area contributed by atoms with Crippen LogP contribution in [0.1, 0.15) is 71.6 Å². The van der Waals surface area contributed by atoms with Gasteiger partial charge in [0.05, 0.1) is 18.8 Å². The van der Waals surface area contributed by atoms with Crippen LogP contribution >= 0.6 is 0 Å². The van der Waals surface area contributed by atoms with Crippen molar-refractivity contribution in [1.29, 1.82) is 0 Å². The molecule has 4 rings (SSSR count). The van der Waals surface area contributed by atoms with Crippen LogP contribution in [-0.4, -0.2) is 34.1 Å². The molecule has 8 unspecified atom stereocenters. The van der Waals surface area contributed by atoms with Crippen LogP contribution in [0.25, 0.3) is 0 Å². The zero-order valence-corrected chi connectivity index (χ0v) is 15.5. The third kappa shape index (κ3) is 2.34. The molecule has 24 heavy (non-hydrogen) atoms. The molecule has 0 bridgehead atoms. The van der Waals surface area contributed by atoms with Crippen LogP contribution < -0.4 is 0 Å². The monoisotopic (exact) mass is 336 g/mol. The van der Waals surface area contributed by atoms with Crippen LogP contribution in [0.2, 0.25) is 0 Å². The molecule has 0 aromatic heterocycles. The van der Waals surface area contributed by atoms with Crippen molar-refractivity contribution in [2.45, 2.75) is 83.8 Å². The zero-order valence-electron chi connectivity index (χ0n) is 15.5. The fourth-order valence-corrected chi connectivity index (χ4v) is 8.04. The highest BCUT2D eigenvalue weighted by Gasteiger charge is 2.60. The lowest BCUT2D eigenvalue weighted by molar-refractivity contribution is -0.134. The van der Waals surface area contributed by atoms with Crippen molar-refractivity contribution in [3.8, 4) is 0 Å². The summed E-state index contributed by atoms with van der Waals surface area (Å²) in [5.41, 5.74) is 0.651. The van der Waals surface area contributed by atoms with Crippen molar-refractivity contribution in [3.05, 3.63) is 0 Å². The molecule has 3 nitrogen and oxygen atoms in total. The van der Waals surface area contributed by atoms with Gasteiger partial charge >= 0.3 is 0 Å². The number of rotatable bonds is 2. The lowest BCUT2D eigenvalue weighted by Crippen LogP contribution is -2.54. The van der Waals surface area contributed by atoms with Crippen molar-refractivity contribution in [2.75, 3.05) is 6.61 Å². The van der Waals surface area contributed by atoms with Crippen LogP contribution in [0.3, 0.4) is 0 Å². The van der Waals surface area contributed by atoms with Gasteiger partial charge in [0.1, 0.15) is 0 Å². The van der Waals surface area contributed by atoms with E-state index >= 15 is 0 Å². The van der Waals surface area contributed by atoms with Gasteiger partial charge < -0.3 is 15.3 Å². The predicted octanol–water partition coefficient (Wildman–Crippen LogP) is 3.36. The average molecular weight is 337 g/mol. The van der Waals surface area contributed by atoms with E-state index in [1.165, 1.54) is 38.5 Å². The van der Waals surface area contributed by atoms with Crippen LogP contribution in [0.4, 0.5) is 0 Å². The number of aliphatic hydroxyl groups is 3. The Morgan fingerprint density at radius 1 is 0.917 bits per heavy atom. The fourth-order valence-electron chi connectivity index (χ4n) is 8.04. The van der Waals surface area contributed by atoms with E-state index in [-0.39, 0.29) is 24.0 Å². The molecule has 0 spiro atoms. The van der Waals surface area contributed by atoms with Gasteiger partial charge in [0.15, 0.2) is 0 Å². The highest BCUT2D eigenvalue weighted by molar-refractivity contribution is 5.10. The van der Waals surface area contributed by atoms with E-state index in [1.807, 2.05) is 0 Å². The topological polar surface area (TPSA) is 60.7 Å². The number of hydrogen-bond donors (Lipinski definition) is 3. The van der Waals surface area contributed by atoms with E-state index in [4.69, 9.17) is 0 Å². The van der Waals surface area contributed by atoms with Gasteiger partial charge in [-0.05, 0) is 98.2 Å². The summed E-state index contributed by atoms with van der Waals surface area (Å²) in [4.78, 5) is 0. The molecule has 3 heteroatoms. The number of aliphatic hydroxyl groups excluding tert-OH is 3. The molecule has 0 saturated heterocycles. The molecule has 3 N–H and O–H groups in total. The SMILES string of the molecule is CC12CCC3C(CC[C@@H]4CC(O)CCC34C)C1CCC2C(O)CO. The Labute approximate surface area is 146 Å². The van der Waals surface area contributed by atoms with Gasteiger partial charge in [-0.15, -0.1) is 0 Å². The largest absolute Gasteiger partial charge is 0.394 e. The van der Waals surface area contributed by atoms with Crippen molar-refractivity contribution in [2.24, 2.45) is 40.4 Å². The third-order valence-electron chi connectivity index (χ3n) is 9.36. The highest BCUT2D eigenvalue weighted by Crippen LogP contribution is 2.67. The first-order valence-corrected chi connectivity index (χ1v) is 10.4. The molecule has 0 aromatic carbocycles. The molecule has 4 aliphatic rings. The first kappa shape index (κ1) is 17.3. The molecule has 0 radical (unpaired) electrons. The minimum atomic E-state index is -0.534. The molecule has 0 aromatic rings. The van der Waals surface area contributed by atoms with E-state index in [0.29, 0.717) is 11.3 Å². The first-order valence-electron chi connectivity index (χ1n) is 10.4. The highest BCUT2D eigenvalue weighted by atomic mass is 16.3. The Kier molecular flexibility index (Phi) is 4.29. The van der Waals surface area contributed by atoms with Gasteiger partial charge in [-0.3, -0.25) is 0 Å². The van der Waals surface area contributed by atoms with E-state index in [2.05, 4.69) is 13.8 Å². The molecule has 0 aliphatic heterocycles. The van der Waals surface area contributed by atoms with Crippen molar-refractivity contribution >= 4 is 0 Å². The first-order chi connectivity index (χ1) is 11.4. The summed E-state index contributed by atoms with van der Waals surface area (Å²) >= 11 is 0. The van der Waals surface area contributed by atoms with Gasteiger partial charge in [-0.1, -0.05) is 13.8 Å². The fraction of sp³-hybridized carbons (Fsp3) is 1.00. The van der Waals surface area contributed by atoms with Crippen LogP contribution in [0.15, 0.2) is 0 Å². The summed E-state index contributed by atoms with van der Waals surface area (Å²) in [5.74, 6) is 3.34. The van der Waals surface area contributed by atoms with Gasteiger partial charge in [-0.25, -0.2) is 0 Å². The molecule has 138 valence electrons. The standard InChI is InChI=1S/C21H36O3/c1-20-9-7-14(23)11-13(20)3-4-15-16-5-6-18(19(24)12-22)21(16,2)10-8-17(15)20/h13-19,22-24H,3-12H2,1-2H3/t13-,14?,15?,16?,17?,18?,19?,20?,21?/m1/s1. The van der Waals surface area contributed by atoms with E-state index in [1.54, 1.807) is 0 Å². The molecule has 4 aliphatic carbocycles. The molecule has 0 amide bonds. The maximum absolute atomic E-state index is 10.3. The summed E-state index contributed by atoms with van der Waals surface area (Å²) < 4.78 is 0. The van der Waals surface area contributed by atoms with Crippen LogP contribution in [-0.2, 0) is 0 Å². The lowest BCUT2D eigenvalue weighted by Gasteiger charge is -2.61. The molecule has 4 saturated carbocycles. The Balaban J connectivity index is 1.59. The summed E-state index contributed by atoms with van der Waals surface area (Å²) in [6, 6.07) is 0. The van der Waals surface area contributed by atoms with Crippen LogP contribution in [0, 0.1) is 40.4 Å². The van der Waals surface area contributed by atoms with Crippen LogP contribution in [0.5, 0.6) is 0 Å². The van der Waals surface area contributed by atoms with E-state index in [0.717, 1.165) is 37.0 Å². The lowest BCUT2D eigenvalue weighted by atomic mass is 9.44. The Bertz CT molecular complexity index is 480. The van der Waals surface area contributed by atoms with Gasteiger partial charge in [0.2, 0.25) is 0 Å². The summed E-state index contributed by atoms with van der Waals surface area (Å²) in [6.45, 7) is 4.85. The third-order valence-corrected chi connectivity index (χ3v) is 9.36. The minimum Gasteiger partial charge on any atom is -0.394 e. The second-order valence-corrected chi connectivity index (χ2v) is 10.1. The predicted molar refractivity (Wildman–Crippen MR) is 94.3 cm³/mol.